The van der Waals surface area contributed by atoms with Gasteiger partial charge in [0.1, 0.15) is 0 Å². The van der Waals surface area contributed by atoms with Gasteiger partial charge in [0.25, 0.3) is 0 Å². The third-order valence-electron chi connectivity index (χ3n) is 4.43. The fourth-order valence-electron chi connectivity index (χ4n) is 2.76. The first kappa shape index (κ1) is 18.2. The van der Waals surface area contributed by atoms with E-state index < -0.39 is 11.0 Å². The SMILES string of the molecule is COc1ccc(NC(=O)N(C)c2ccc3c(C)n(C)nc3c2)cc1[N+](=O)[O-]. The second-order valence-electron chi connectivity index (χ2n) is 6.04. The zero-order valence-electron chi connectivity index (χ0n) is 15.4. The lowest BCUT2D eigenvalue weighted by atomic mass is 10.2. The molecule has 1 heterocycles. The highest BCUT2D eigenvalue weighted by molar-refractivity contribution is 6.02. The van der Waals surface area contributed by atoms with E-state index in [4.69, 9.17) is 4.74 Å². The molecule has 9 nitrogen and oxygen atoms in total. The Morgan fingerprint density at radius 3 is 2.70 bits per heavy atom. The van der Waals surface area contributed by atoms with Crippen molar-refractivity contribution in [3.63, 3.8) is 0 Å². The number of rotatable bonds is 4. The Hall–Kier alpha value is -3.62. The minimum absolute atomic E-state index is 0.127. The van der Waals surface area contributed by atoms with Gasteiger partial charge in [0.2, 0.25) is 0 Å². The Labute approximate surface area is 155 Å². The van der Waals surface area contributed by atoms with Gasteiger partial charge in [-0.05, 0) is 37.3 Å². The summed E-state index contributed by atoms with van der Waals surface area (Å²) in [5.74, 6) is 0.127. The number of ether oxygens (including phenoxy) is 1. The lowest BCUT2D eigenvalue weighted by Crippen LogP contribution is -2.31. The van der Waals surface area contributed by atoms with Crippen LogP contribution < -0.4 is 15.0 Å². The zero-order valence-corrected chi connectivity index (χ0v) is 15.4. The van der Waals surface area contributed by atoms with Crippen molar-refractivity contribution in [3.05, 3.63) is 52.2 Å². The zero-order chi connectivity index (χ0) is 19.7. The second-order valence-corrected chi connectivity index (χ2v) is 6.04. The van der Waals surface area contributed by atoms with Crippen LogP contribution in [0.5, 0.6) is 5.75 Å². The molecule has 0 bridgehead atoms. The number of aromatic nitrogens is 2. The third kappa shape index (κ3) is 3.39. The Balaban J connectivity index is 1.83. The van der Waals surface area contributed by atoms with Gasteiger partial charge in [-0.25, -0.2) is 4.79 Å². The average Bonchev–Trinajstić information content (AvgIpc) is 2.94. The van der Waals surface area contributed by atoms with Crippen LogP contribution in [0.15, 0.2) is 36.4 Å². The van der Waals surface area contributed by atoms with E-state index in [0.29, 0.717) is 11.4 Å². The van der Waals surface area contributed by atoms with Crippen molar-refractivity contribution in [2.75, 3.05) is 24.4 Å². The Bertz CT molecular complexity index is 1040. The molecule has 0 radical (unpaired) electrons. The van der Waals surface area contributed by atoms with E-state index in [9.17, 15) is 14.9 Å². The topological polar surface area (TPSA) is 103 Å². The van der Waals surface area contributed by atoms with Crippen LogP contribution in [0.25, 0.3) is 10.9 Å². The number of urea groups is 1. The normalized spacial score (nSPS) is 10.7. The molecule has 0 spiro atoms. The van der Waals surface area contributed by atoms with Gasteiger partial charge in [-0.1, -0.05) is 0 Å². The highest BCUT2D eigenvalue weighted by Gasteiger charge is 2.18. The number of nitro benzene ring substituents is 1. The fourth-order valence-corrected chi connectivity index (χ4v) is 2.76. The first-order valence-electron chi connectivity index (χ1n) is 8.12. The molecule has 0 unspecified atom stereocenters. The van der Waals surface area contributed by atoms with Crippen molar-refractivity contribution >= 4 is 34.0 Å². The number of nitrogens with zero attached hydrogens (tertiary/aromatic N) is 4. The van der Waals surface area contributed by atoms with Gasteiger partial charge in [0.15, 0.2) is 5.75 Å². The van der Waals surface area contributed by atoms with Gasteiger partial charge >= 0.3 is 11.7 Å². The highest BCUT2D eigenvalue weighted by atomic mass is 16.6. The molecule has 3 rings (SSSR count). The lowest BCUT2D eigenvalue weighted by Gasteiger charge is -2.18. The number of nitrogens with one attached hydrogen (secondary N) is 1. The quantitative estimate of drug-likeness (QED) is 0.560. The van der Waals surface area contributed by atoms with Gasteiger partial charge in [0.05, 0.1) is 17.5 Å². The smallest absolute Gasteiger partial charge is 0.326 e. The highest BCUT2D eigenvalue weighted by Crippen LogP contribution is 2.30. The van der Waals surface area contributed by atoms with Gasteiger partial charge < -0.3 is 10.1 Å². The van der Waals surface area contributed by atoms with Crippen LogP contribution >= 0.6 is 0 Å². The molecule has 2 aromatic carbocycles. The maximum atomic E-state index is 12.5. The minimum Gasteiger partial charge on any atom is -0.490 e. The molecule has 9 heteroatoms. The molecular weight excluding hydrogens is 350 g/mol. The molecule has 1 aromatic heterocycles. The van der Waals surface area contributed by atoms with Crippen molar-refractivity contribution in [1.29, 1.82) is 0 Å². The lowest BCUT2D eigenvalue weighted by molar-refractivity contribution is -0.385. The number of aryl methyl sites for hydroxylation is 2. The molecule has 0 aliphatic carbocycles. The monoisotopic (exact) mass is 369 g/mol. The van der Waals surface area contributed by atoms with Crippen molar-refractivity contribution in [1.82, 2.24) is 9.78 Å². The molecule has 27 heavy (non-hydrogen) atoms. The standard InChI is InChI=1S/C18H19N5O4/c1-11-14-7-6-13(10-15(14)20-22(11)3)21(2)18(24)19-12-5-8-17(27-4)16(9-12)23(25)26/h5-10H,1-4H3,(H,19,24). The molecule has 0 saturated heterocycles. The molecule has 0 atom stereocenters. The maximum absolute atomic E-state index is 12.5. The van der Waals surface area contributed by atoms with Crippen molar-refractivity contribution in [2.45, 2.75) is 6.92 Å². The molecule has 2 amide bonds. The van der Waals surface area contributed by atoms with Crippen molar-refractivity contribution in [3.8, 4) is 5.75 Å². The number of nitro groups is 1. The number of hydrogen-bond acceptors (Lipinski definition) is 5. The molecule has 0 aliphatic rings. The van der Waals surface area contributed by atoms with E-state index in [1.165, 1.54) is 24.1 Å². The molecule has 1 N–H and O–H groups in total. The Morgan fingerprint density at radius 2 is 2.04 bits per heavy atom. The summed E-state index contributed by atoms with van der Waals surface area (Å²) in [6, 6.07) is 9.37. The number of carbonyl (C=O) groups excluding carboxylic acids is 1. The molecule has 3 aromatic rings. The Morgan fingerprint density at radius 1 is 1.30 bits per heavy atom. The first-order chi connectivity index (χ1) is 12.8. The summed E-state index contributed by atoms with van der Waals surface area (Å²) in [4.78, 5) is 24.5. The summed E-state index contributed by atoms with van der Waals surface area (Å²) in [7, 11) is 4.83. The van der Waals surface area contributed by atoms with Crippen LogP contribution in [0, 0.1) is 17.0 Å². The number of anilines is 2. The summed E-state index contributed by atoms with van der Waals surface area (Å²) in [5.41, 5.74) is 2.56. The number of benzene rings is 2. The van der Waals surface area contributed by atoms with Crippen molar-refractivity contribution in [2.24, 2.45) is 7.05 Å². The summed E-state index contributed by atoms with van der Waals surface area (Å²) in [5, 5.41) is 19.2. The molecule has 140 valence electrons. The number of hydrogen-bond donors (Lipinski definition) is 1. The van der Waals surface area contributed by atoms with Crippen LogP contribution in [0.2, 0.25) is 0 Å². The largest absolute Gasteiger partial charge is 0.490 e. The molecule has 0 aliphatic heterocycles. The number of carbonyl (C=O) groups is 1. The van der Waals surface area contributed by atoms with Crippen LogP contribution in [0.1, 0.15) is 5.69 Å². The minimum atomic E-state index is -0.560. The maximum Gasteiger partial charge on any atom is 0.326 e. The molecule has 0 fully saturated rings. The summed E-state index contributed by atoms with van der Waals surface area (Å²) in [6.45, 7) is 1.97. The van der Waals surface area contributed by atoms with E-state index in [0.717, 1.165) is 16.6 Å². The van der Waals surface area contributed by atoms with Crippen LogP contribution in [-0.2, 0) is 7.05 Å². The van der Waals surface area contributed by atoms with Gasteiger partial charge in [-0.3, -0.25) is 19.7 Å². The number of fused-ring (bicyclic) bond motifs is 1. The second kappa shape index (κ2) is 6.94. The number of amides is 2. The average molecular weight is 369 g/mol. The summed E-state index contributed by atoms with van der Waals surface area (Å²) >= 11 is 0. The van der Waals surface area contributed by atoms with E-state index in [-0.39, 0.29) is 11.4 Å². The number of methoxy groups -OCH3 is 1. The first-order valence-corrected chi connectivity index (χ1v) is 8.12. The summed E-state index contributed by atoms with van der Waals surface area (Å²) < 4.78 is 6.74. The van der Waals surface area contributed by atoms with Gasteiger partial charge in [-0.2, -0.15) is 5.10 Å². The van der Waals surface area contributed by atoms with E-state index in [1.807, 2.05) is 32.2 Å². The molecule has 0 saturated carbocycles. The van der Waals surface area contributed by atoms with E-state index in [1.54, 1.807) is 17.8 Å². The molecular formula is C18H19N5O4. The van der Waals surface area contributed by atoms with Crippen molar-refractivity contribution < 1.29 is 14.5 Å². The fraction of sp³-hybridized carbons (Fsp3) is 0.222. The van der Waals surface area contributed by atoms with E-state index >= 15 is 0 Å². The van der Waals surface area contributed by atoms with Gasteiger partial charge in [0, 0.05) is 42.6 Å². The van der Waals surface area contributed by atoms with Crippen LogP contribution in [0.4, 0.5) is 21.9 Å². The third-order valence-corrected chi connectivity index (χ3v) is 4.43. The Kier molecular flexibility index (Phi) is 4.68. The predicted octanol–water partition coefficient (Wildman–Crippen LogP) is 3.47. The van der Waals surface area contributed by atoms with E-state index in [2.05, 4.69) is 10.4 Å². The van der Waals surface area contributed by atoms with Crippen LogP contribution in [0.3, 0.4) is 0 Å². The van der Waals surface area contributed by atoms with Gasteiger partial charge in [-0.15, -0.1) is 0 Å². The van der Waals surface area contributed by atoms with Crippen LogP contribution in [-0.4, -0.2) is 34.9 Å². The summed E-state index contributed by atoms with van der Waals surface area (Å²) in [6.07, 6.45) is 0. The predicted molar refractivity (Wildman–Crippen MR) is 103 cm³/mol.